The summed E-state index contributed by atoms with van der Waals surface area (Å²) in [5.74, 6) is -0.979. The van der Waals surface area contributed by atoms with E-state index in [1.807, 2.05) is 13.8 Å². The molecule has 0 aromatic carbocycles. The van der Waals surface area contributed by atoms with Crippen molar-refractivity contribution in [1.82, 2.24) is 4.98 Å². The molecule has 0 saturated carbocycles. The third-order valence-corrected chi connectivity index (χ3v) is 1.59. The Morgan fingerprint density at radius 1 is 1.42 bits per heavy atom. The molecule has 0 aliphatic carbocycles. The van der Waals surface area contributed by atoms with Gasteiger partial charge in [-0.1, -0.05) is 0 Å². The van der Waals surface area contributed by atoms with Crippen LogP contribution < -0.4 is 0 Å². The van der Waals surface area contributed by atoms with E-state index in [0.717, 1.165) is 11.1 Å². The van der Waals surface area contributed by atoms with Crippen LogP contribution >= 0.6 is 0 Å². The molecule has 0 aliphatic rings. The van der Waals surface area contributed by atoms with E-state index >= 15 is 0 Å². The topological polar surface area (TPSA) is 50.2 Å². The number of aromatic nitrogens is 1. The summed E-state index contributed by atoms with van der Waals surface area (Å²) >= 11 is 0. The summed E-state index contributed by atoms with van der Waals surface area (Å²) in [6, 6.07) is 1.57. The summed E-state index contributed by atoms with van der Waals surface area (Å²) in [5, 5.41) is 8.54. The number of carboxylic acids is 1. The van der Waals surface area contributed by atoms with Crippen molar-refractivity contribution in [3.8, 4) is 0 Å². The number of carboxylic acid groups (broad SMARTS) is 1. The molecular weight excluding hydrogens is 149 g/mol. The molecule has 1 aromatic rings. The van der Waals surface area contributed by atoms with Crippen LogP contribution in [0.3, 0.4) is 0 Å². The summed E-state index contributed by atoms with van der Waals surface area (Å²) < 4.78 is 0. The van der Waals surface area contributed by atoms with Crippen molar-refractivity contribution in [1.29, 1.82) is 0 Å². The molecule has 0 fully saturated rings. The predicted molar refractivity (Wildman–Crippen MR) is 47.8 cm³/mol. The Bertz CT molecular complexity index is 299. The van der Waals surface area contributed by atoms with E-state index in [0.29, 0.717) is 0 Å². The molecule has 12 heavy (non-hydrogen) atoms. The minimum absolute atomic E-state index is 0. The van der Waals surface area contributed by atoms with Crippen LogP contribution in [0.5, 0.6) is 0 Å². The van der Waals surface area contributed by atoms with Gasteiger partial charge in [0.05, 0.1) is 0 Å². The van der Waals surface area contributed by atoms with Crippen LogP contribution in [0.4, 0.5) is 0 Å². The fraction of sp³-hybridized carbons (Fsp3) is 0.250. The fourth-order valence-corrected chi connectivity index (χ4v) is 0.741. The Labute approximate surface area is 83.0 Å². The van der Waals surface area contributed by atoms with Gasteiger partial charge >= 0.3 is 24.8 Å². The number of carbonyl (C=O) groups is 1. The first-order valence-corrected chi connectivity index (χ1v) is 3.28. The monoisotopic (exact) mass is 159 g/mol. The van der Waals surface area contributed by atoms with Gasteiger partial charge in [0.2, 0.25) is 0 Å². The number of aromatic carboxylic acids is 1. The zero-order chi connectivity index (χ0) is 8.43. The van der Waals surface area contributed by atoms with E-state index in [1.165, 1.54) is 0 Å². The van der Waals surface area contributed by atoms with Crippen LogP contribution in [0.15, 0.2) is 12.3 Å². The van der Waals surface area contributed by atoms with Gasteiger partial charge in [0, 0.05) is 6.20 Å². The normalized spacial score (nSPS) is 8.83. The van der Waals surface area contributed by atoms with Crippen LogP contribution in [0, 0.1) is 13.8 Å². The van der Waals surface area contributed by atoms with Crippen LogP contribution in [0.1, 0.15) is 21.6 Å². The number of aryl methyl sites for hydroxylation is 2. The molecule has 60 valence electrons. The van der Waals surface area contributed by atoms with Crippen LogP contribution in [-0.2, 0) is 0 Å². The fourth-order valence-electron chi connectivity index (χ4n) is 0.741. The second kappa shape index (κ2) is 4.29. The number of pyridine rings is 1. The summed E-state index contributed by atoms with van der Waals surface area (Å²) in [6.07, 6.45) is 1.57. The molecule has 0 spiro atoms. The van der Waals surface area contributed by atoms with Gasteiger partial charge in [0.1, 0.15) is 5.69 Å². The molecule has 0 radical (unpaired) electrons. The average Bonchev–Trinajstić information content (AvgIpc) is 1.94. The average molecular weight is 159 g/mol. The third-order valence-electron chi connectivity index (χ3n) is 1.59. The van der Waals surface area contributed by atoms with Crippen molar-refractivity contribution in [3.63, 3.8) is 0 Å². The SMILES string of the molecule is Cc1cnc(C(=O)O)cc1C.[LiH]. The Kier molecular flexibility index (Phi) is 4.01. The van der Waals surface area contributed by atoms with Gasteiger partial charge in [-0.15, -0.1) is 0 Å². The summed E-state index contributed by atoms with van der Waals surface area (Å²) in [5.41, 5.74) is 2.07. The molecule has 3 nitrogen and oxygen atoms in total. The van der Waals surface area contributed by atoms with E-state index in [1.54, 1.807) is 12.3 Å². The number of hydrogen-bond donors (Lipinski definition) is 1. The second-order valence-electron chi connectivity index (χ2n) is 2.46. The molecular formula is C8H10LiNO2. The van der Waals surface area contributed by atoms with Gasteiger partial charge in [0.25, 0.3) is 0 Å². The summed E-state index contributed by atoms with van der Waals surface area (Å²) in [4.78, 5) is 14.1. The van der Waals surface area contributed by atoms with E-state index in [9.17, 15) is 4.79 Å². The second-order valence-corrected chi connectivity index (χ2v) is 2.46. The maximum absolute atomic E-state index is 10.4. The van der Waals surface area contributed by atoms with E-state index in [2.05, 4.69) is 4.98 Å². The first-order valence-electron chi connectivity index (χ1n) is 3.28. The molecule has 1 heterocycles. The first-order chi connectivity index (χ1) is 5.11. The van der Waals surface area contributed by atoms with Crippen molar-refractivity contribution in [2.45, 2.75) is 13.8 Å². The van der Waals surface area contributed by atoms with E-state index in [4.69, 9.17) is 5.11 Å². The Hall–Kier alpha value is -0.783. The summed E-state index contributed by atoms with van der Waals surface area (Å²) in [6.45, 7) is 3.76. The van der Waals surface area contributed by atoms with Gasteiger partial charge in [0.15, 0.2) is 0 Å². The predicted octanol–water partition coefficient (Wildman–Crippen LogP) is 0.748. The van der Waals surface area contributed by atoms with E-state index < -0.39 is 5.97 Å². The number of rotatable bonds is 1. The molecule has 1 N–H and O–H groups in total. The maximum atomic E-state index is 10.4. The third kappa shape index (κ3) is 2.37. The quantitative estimate of drug-likeness (QED) is 0.615. The molecule has 4 heteroatoms. The van der Waals surface area contributed by atoms with Gasteiger partial charge < -0.3 is 5.11 Å². The summed E-state index contributed by atoms with van der Waals surface area (Å²) in [7, 11) is 0. The van der Waals surface area contributed by atoms with Crippen molar-refractivity contribution in [2.75, 3.05) is 0 Å². The molecule has 0 aliphatic heterocycles. The Balaban J connectivity index is 0.00000121. The molecule has 0 saturated heterocycles. The Morgan fingerprint density at radius 3 is 2.42 bits per heavy atom. The molecule has 0 bridgehead atoms. The molecule has 1 rings (SSSR count). The van der Waals surface area contributed by atoms with Crippen molar-refractivity contribution >= 4 is 24.8 Å². The van der Waals surface area contributed by atoms with Crippen molar-refractivity contribution < 1.29 is 9.90 Å². The van der Waals surface area contributed by atoms with Gasteiger partial charge in [-0.3, -0.25) is 0 Å². The van der Waals surface area contributed by atoms with Gasteiger partial charge in [-0.2, -0.15) is 0 Å². The van der Waals surface area contributed by atoms with Gasteiger partial charge in [-0.25, -0.2) is 9.78 Å². The van der Waals surface area contributed by atoms with Gasteiger partial charge in [-0.05, 0) is 31.0 Å². The number of nitrogens with zero attached hydrogens (tertiary/aromatic N) is 1. The minimum atomic E-state index is -0.979. The van der Waals surface area contributed by atoms with Crippen LogP contribution in [0.2, 0.25) is 0 Å². The molecule has 0 atom stereocenters. The molecule has 1 aromatic heterocycles. The van der Waals surface area contributed by atoms with Crippen molar-refractivity contribution in [3.05, 3.63) is 29.1 Å². The van der Waals surface area contributed by atoms with E-state index in [-0.39, 0.29) is 24.6 Å². The zero-order valence-corrected chi connectivity index (χ0v) is 6.46. The van der Waals surface area contributed by atoms with Crippen LogP contribution in [-0.4, -0.2) is 34.9 Å². The molecule has 0 unspecified atom stereocenters. The first kappa shape index (κ1) is 11.2. The zero-order valence-electron chi connectivity index (χ0n) is 6.46. The standard InChI is InChI=1S/C8H9NO2.Li.H/c1-5-3-7(8(10)11)9-4-6(5)2;;/h3-4H,1-2H3,(H,10,11);;. The Morgan fingerprint density at radius 2 is 2.00 bits per heavy atom. The number of hydrogen-bond acceptors (Lipinski definition) is 2. The molecule has 0 amide bonds. The van der Waals surface area contributed by atoms with Crippen LogP contribution in [0.25, 0.3) is 0 Å². The van der Waals surface area contributed by atoms with Crippen molar-refractivity contribution in [2.24, 2.45) is 0 Å².